The average molecular weight is 267 g/mol. The molecule has 0 fully saturated rings. The number of nitrogens with one attached hydrogen (secondary N) is 1. The zero-order valence-electron chi connectivity index (χ0n) is 11.3. The van der Waals surface area contributed by atoms with Crippen molar-refractivity contribution in [2.45, 2.75) is 13.8 Å². The molecular weight excluding hydrogens is 253 g/mol. The highest BCUT2D eigenvalue weighted by Crippen LogP contribution is 2.24. The van der Waals surface area contributed by atoms with E-state index >= 15 is 0 Å². The van der Waals surface area contributed by atoms with Crippen LogP contribution in [0.15, 0.2) is 42.6 Å². The third-order valence-electron chi connectivity index (χ3n) is 3.52. The van der Waals surface area contributed by atoms with E-state index in [0.717, 1.165) is 16.5 Å². The summed E-state index contributed by atoms with van der Waals surface area (Å²) in [4.78, 5) is 15.6. The molecule has 0 amide bonds. The van der Waals surface area contributed by atoms with Crippen molar-refractivity contribution >= 4 is 16.7 Å². The van der Waals surface area contributed by atoms with Crippen molar-refractivity contribution in [2.24, 2.45) is 0 Å². The predicted molar refractivity (Wildman–Crippen MR) is 77.6 cm³/mol. The third kappa shape index (κ3) is 1.92. The second-order valence-electron chi connectivity index (χ2n) is 5.02. The van der Waals surface area contributed by atoms with Crippen LogP contribution in [0.1, 0.15) is 27.0 Å². The summed E-state index contributed by atoms with van der Waals surface area (Å²) in [5.74, 6) is -0.734. The molecule has 2 aromatic carbocycles. The Hall–Kier alpha value is -2.42. The Bertz CT molecular complexity index is 817. The Balaban J connectivity index is 2.18. The van der Waals surface area contributed by atoms with E-state index in [0.29, 0.717) is 11.1 Å². The maximum absolute atomic E-state index is 14.1. The summed E-state index contributed by atoms with van der Waals surface area (Å²) in [5.41, 5.74) is 3.05. The van der Waals surface area contributed by atoms with Crippen LogP contribution < -0.4 is 0 Å². The number of carbonyl (C=O) groups excluding carboxylic acids is 1. The number of rotatable bonds is 2. The number of halogens is 1. The van der Waals surface area contributed by atoms with Gasteiger partial charge >= 0.3 is 0 Å². The summed E-state index contributed by atoms with van der Waals surface area (Å²) in [5, 5.41) is 0.830. The number of hydrogen-bond acceptors (Lipinski definition) is 1. The smallest absolute Gasteiger partial charge is 0.198 e. The van der Waals surface area contributed by atoms with Gasteiger partial charge in [0, 0.05) is 22.7 Å². The van der Waals surface area contributed by atoms with Gasteiger partial charge in [-0.2, -0.15) is 0 Å². The van der Waals surface area contributed by atoms with E-state index in [2.05, 4.69) is 4.98 Å². The molecule has 0 radical (unpaired) electrons. The van der Waals surface area contributed by atoms with Crippen LogP contribution in [0.5, 0.6) is 0 Å². The largest absolute Gasteiger partial charge is 0.360 e. The Morgan fingerprint density at radius 1 is 1.10 bits per heavy atom. The number of aryl methyl sites for hydroxylation is 2. The van der Waals surface area contributed by atoms with E-state index in [-0.39, 0.29) is 11.3 Å². The quantitative estimate of drug-likeness (QED) is 0.695. The van der Waals surface area contributed by atoms with Crippen molar-refractivity contribution in [3.8, 4) is 0 Å². The van der Waals surface area contributed by atoms with Crippen molar-refractivity contribution in [2.75, 3.05) is 0 Å². The third-order valence-corrected chi connectivity index (χ3v) is 3.52. The molecule has 1 aromatic heterocycles. The SMILES string of the molecule is Cc1ccc2[nH]cc(C(=O)c3cccc(C)c3F)c2c1. The molecule has 20 heavy (non-hydrogen) atoms. The van der Waals surface area contributed by atoms with Gasteiger partial charge in [-0.25, -0.2) is 4.39 Å². The normalized spacial score (nSPS) is 10.9. The van der Waals surface area contributed by atoms with Crippen molar-refractivity contribution in [3.63, 3.8) is 0 Å². The molecule has 0 spiro atoms. The number of aromatic amines is 1. The maximum atomic E-state index is 14.1. The molecule has 0 bridgehead atoms. The molecule has 0 aliphatic rings. The molecule has 0 saturated carbocycles. The lowest BCUT2D eigenvalue weighted by molar-refractivity contribution is 0.103. The first-order chi connectivity index (χ1) is 9.58. The zero-order chi connectivity index (χ0) is 14.3. The van der Waals surface area contributed by atoms with Crippen LogP contribution in [0.2, 0.25) is 0 Å². The lowest BCUT2D eigenvalue weighted by atomic mass is 10.00. The van der Waals surface area contributed by atoms with Crippen LogP contribution in [0.4, 0.5) is 4.39 Å². The van der Waals surface area contributed by atoms with E-state index in [1.807, 2.05) is 25.1 Å². The molecule has 3 aromatic rings. The molecule has 0 aliphatic heterocycles. The number of aromatic nitrogens is 1. The van der Waals surface area contributed by atoms with Crippen molar-refractivity contribution < 1.29 is 9.18 Å². The standard InChI is InChI=1S/C17H14FNO/c1-10-6-7-15-13(8-10)14(9-19-15)17(20)12-5-3-4-11(2)16(12)18/h3-9,19H,1-2H3. The van der Waals surface area contributed by atoms with E-state index in [1.165, 1.54) is 6.07 Å². The fraction of sp³-hybridized carbons (Fsp3) is 0.118. The number of H-pyrrole nitrogens is 1. The van der Waals surface area contributed by atoms with Gasteiger partial charge in [0.15, 0.2) is 5.78 Å². The second-order valence-corrected chi connectivity index (χ2v) is 5.02. The minimum Gasteiger partial charge on any atom is -0.360 e. The van der Waals surface area contributed by atoms with Crippen molar-refractivity contribution in [1.29, 1.82) is 0 Å². The molecule has 0 aliphatic carbocycles. The Morgan fingerprint density at radius 2 is 1.90 bits per heavy atom. The second kappa shape index (κ2) is 4.60. The van der Waals surface area contributed by atoms with Gasteiger partial charge in [0.05, 0.1) is 5.56 Å². The van der Waals surface area contributed by atoms with Gasteiger partial charge in [-0.3, -0.25) is 4.79 Å². The zero-order valence-corrected chi connectivity index (χ0v) is 11.3. The van der Waals surface area contributed by atoms with E-state index in [4.69, 9.17) is 0 Å². The molecular formula is C17H14FNO. The highest BCUT2D eigenvalue weighted by atomic mass is 19.1. The molecule has 0 saturated heterocycles. The first-order valence-electron chi connectivity index (χ1n) is 6.45. The average Bonchev–Trinajstić information content (AvgIpc) is 2.84. The maximum Gasteiger partial charge on any atom is 0.198 e. The minimum atomic E-state index is -0.445. The Labute approximate surface area is 116 Å². The van der Waals surface area contributed by atoms with Gasteiger partial charge in [-0.05, 0) is 37.6 Å². The number of carbonyl (C=O) groups is 1. The number of hydrogen-bond donors (Lipinski definition) is 1. The molecule has 100 valence electrons. The first-order valence-corrected chi connectivity index (χ1v) is 6.45. The Kier molecular flexibility index (Phi) is 2.90. The van der Waals surface area contributed by atoms with E-state index in [9.17, 15) is 9.18 Å². The molecule has 2 nitrogen and oxygen atoms in total. The van der Waals surface area contributed by atoms with Crippen molar-refractivity contribution in [1.82, 2.24) is 4.98 Å². The summed E-state index contributed by atoms with van der Waals surface area (Å²) in [7, 11) is 0. The molecule has 1 N–H and O–H groups in total. The van der Waals surface area contributed by atoms with Gasteiger partial charge in [0.25, 0.3) is 0 Å². The van der Waals surface area contributed by atoms with Crippen LogP contribution in [0.3, 0.4) is 0 Å². The number of benzene rings is 2. The molecule has 3 heteroatoms. The van der Waals surface area contributed by atoms with Gasteiger partial charge in [0.2, 0.25) is 0 Å². The van der Waals surface area contributed by atoms with Crippen LogP contribution in [0.25, 0.3) is 10.9 Å². The van der Waals surface area contributed by atoms with E-state index in [1.54, 1.807) is 25.3 Å². The van der Waals surface area contributed by atoms with E-state index < -0.39 is 5.82 Å². The fourth-order valence-electron chi connectivity index (χ4n) is 2.39. The molecule has 0 unspecified atom stereocenters. The van der Waals surface area contributed by atoms with Gasteiger partial charge in [0.1, 0.15) is 5.82 Å². The number of fused-ring (bicyclic) bond motifs is 1. The highest BCUT2D eigenvalue weighted by molar-refractivity contribution is 6.16. The summed E-state index contributed by atoms with van der Waals surface area (Å²) in [6.07, 6.45) is 1.65. The molecule has 3 rings (SSSR count). The topological polar surface area (TPSA) is 32.9 Å². The van der Waals surface area contributed by atoms with Gasteiger partial charge < -0.3 is 4.98 Å². The number of ketones is 1. The first kappa shape index (κ1) is 12.6. The Morgan fingerprint density at radius 3 is 2.70 bits per heavy atom. The summed E-state index contributed by atoms with van der Waals surface area (Å²) >= 11 is 0. The monoisotopic (exact) mass is 267 g/mol. The summed E-state index contributed by atoms with van der Waals surface area (Å²) in [6, 6.07) is 10.7. The lowest BCUT2D eigenvalue weighted by Crippen LogP contribution is -2.04. The summed E-state index contributed by atoms with van der Waals surface area (Å²) in [6.45, 7) is 3.62. The van der Waals surface area contributed by atoms with Crippen molar-refractivity contribution in [3.05, 3.63) is 70.7 Å². The highest BCUT2D eigenvalue weighted by Gasteiger charge is 2.18. The molecule has 1 heterocycles. The predicted octanol–water partition coefficient (Wildman–Crippen LogP) is 4.15. The van der Waals surface area contributed by atoms with Gasteiger partial charge in [-0.1, -0.05) is 23.8 Å². The van der Waals surface area contributed by atoms with Crippen LogP contribution in [0, 0.1) is 19.7 Å². The lowest BCUT2D eigenvalue weighted by Gasteiger charge is -2.04. The van der Waals surface area contributed by atoms with Crippen LogP contribution in [-0.2, 0) is 0 Å². The minimum absolute atomic E-state index is 0.118. The molecule has 0 atom stereocenters. The fourth-order valence-corrected chi connectivity index (χ4v) is 2.39. The van der Waals surface area contributed by atoms with Crippen LogP contribution in [-0.4, -0.2) is 10.8 Å². The van der Waals surface area contributed by atoms with Crippen LogP contribution >= 0.6 is 0 Å². The van der Waals surface area contributed by atoms with Gasteiger partial charge in [-0.15, -0.1) is 0 Å². The summed E-state index contributed by atoms with van der Waals surface area (Å²) < 4.78 is 14.1.